The minimum Gasteiger partial charge on any atom is -0.394 e. The lowest BCUT2D eigenvalue weighted by Crippen LogP contribution is -2.51. The van der Waals surface area contributed by atoms with Crippen LogP contribution in [0.3, 0.4) is 0 Å². The SMILES string of the molecule is O=C(N[C@@H]1CC[C@@H](CCNC(=O)C2CCCCC2)O[C@H]1CO)c1ccncc1. The Morgan fingerprint density at radius 1 is 1.11 bits per heavy atom. The van der Waals surface area contributed by atoms with Crippen molar-refractivity contribution in [2.45, 2.75) is 69.6 Å². The smallest absolute Gasteiger partial charge is 0.251 e. The lowest BCUT2D eigenvalue weighted by molar-refractivity contribution is -0.126. The van der Waals surface area contributed by atoms with Crippen molar-refractivity contribution < 1.29 is 19.4 Å². The van der Waals surface area contributed by atoms with Crippen molar-refractivity contribution in [3.05, 3.63) is 30.1 Å². The molecule has 1 aromatic rings. The molecule has 3 atom stereocenters. The van der Waals surface area contributed by atoms with E-state index >= 15 is 0 Å². The van der Waals surface area contributed by atoms with Crippen molar-refractivity contribution >= 4 is 11.8 Å². The Balaban J connectivity index is 1.41. The molecule has 0 spiro atoms. The first-order valence-corrected chi connectivity index (χ1v) is 10.4. The van der Waals surface area contributed by atoms with Crippen LogP contribution in [0.5, 0.6) is 0 Å². The Hall–Kier alpha value is -1.99. The van der Waals surface area contributed by atoms with Crippen LogP contribution < -0.4 is 10.6 Å². The normalized spacial score (nSPS) is 25.8. The lowest BCUT2D eigenvalue weighted by Gasteiger charge is -2.36. The predicted molar refractivity (Wildman–Crippen MR) is 105 cm³/mol. The summed E-state index contributed by atoms with van der Waals surface area (Å²) in [7, 11) is 0. The number of nitrogens with one attached hydrogen (secondary N) is 2. The first-order valence-electron chi connectivity index (χ1n) is 10.4. The number of rotatable bonds is 7. The molecule has 1 aliphatic carbocycles. The van der Waals surface area contributed by atoms with E-state index in [1.165, 1.54) is 6.42 Å². The van der Waals surface area contributed by atoms with Crippen molar-refractivity contribution in [3.63, 3.8) is 0 Å². The van der Waals surface area contributed by atoms with E-state index < -0.39 is 6.10 Å². The van der Waals surface area contributed by atoms with E-state index in [0.717, 1.165) is 44.9 Å². The Kier molecular flexibility index (Phi) is 7.80. The van der Waals surface area contributed by atoms with E-state index in [1.807, 2.05) is 0 Å². The van der Waals surface area contributed by atoms with Gasteiger partial charge in [0.15, 0.2) is 0 Å². The van der Waals surface area contributed by atoms with Crippen LogP contribution in [0.4, 0.5) is 0 Å². The number of nitrogens with zero attached hydrogens (tertiary/aromatic N) is 1. The molecule has 3 N–H and O–H groups in total. The topological polar surface area (TPSA) is 101 Å². The van der Waals surface area contributed by atoms with Gasteiger partial charge in [-0.25, -0.2) is 0 Å². The number of hydrogen-bond acceptors (Lipinski definition) is 5. The third-order valence-electron chi connectivity index (χ3n) is 5.80. The molecule has 1 aromatic heterocycles. The van der Waals surface area contributed by atoms with Crippen LogP contribution in [0, 0.1) is 5.92 Å². The van der Waals surface area contributed by atoms with Crippen molar-refractivity contribution in [1.82, 2.24) is 15.6 Å². The molecule has 0 aromatic carbocycles. The number of carbonyl (C=O) groups is 2. The molecule has 28 heavy (non-hydrogen) atoms. The van der Waals surface area contributed by atoms with Crippen LogP contribution in [0.2, 0.25) is 0 Å². The molecular weight excluding hydrogens is 358 g/mol. The van der Waals surface area contributed by atoms with Gasteiger partial charge in [0.2, 0.25) is 5.91 Å². The fraction of sp³-hybridized carbons (Fsp3) is 0.667. The van der Waals surface area contributed by atoms with Crippen LogP contribution in [0.25, 0.3) is 0 Å². The van der Waals surface area contributed by atoms with Crippen LogP contribution in [-0.4, -0.2) is 53.3 Å². The number of aliphatic hydroxyl groups is 1. The van der Waals surface area contributed by atoms with Crippen molar-refractivity contribution in [1.29, 1.82) is 0 Å². The third kappa shape index (κ3) is 5.75. The molecule has 2 heterocycles. The van der Waals surface area contributed by atoms with E-state index in [9.17, 15) is 14.7 Å². The maximum atomic E-state index is 12.3. The Bertz CT molecular complexity index is 634. The summed E-state index contributed by atoms with van der Waals surface area (Å²) >= 11 is 0. The van der Waals surface area contributed by atoms with Gasteiger partial charge in [-0.3, -0.25) is 14.6 Å². The van der Waals surface area contributed by atoms with Crippen LogP contribution in [0.1, 0.15) is 61.7 Å². The molecule has 1 saturated carbocycles. The Labute approximate surface area is 166 Å². The first-order chi connectivity index (χ1) is 13.7. The summed E-state index contributed by atoms with van der Waals surface area (Å²) < 4.78 is 5.98. The van der Waals surface area contributed by atoms with E-state index in [4.69, 9.17) is 4.74 Å². The number of carbonyl (C=O) groups excluding carboxylic acids is 2. The van der Waals surface area contributed by atoms with E-state index in [0.29, 0.717) is 12.1 Å². The van der Waals surface area contributed by atoms with Crippen molar-refractivity contribution in [2.75, 3.05) is 13.2 Å². The van der Waals surface area contributed by atoms with Gasteiger partial charge in [-0.2, -0.15) is 0 Å². The monoisotopic (exact) mass is 389 g/mol. The zero-order valence-corrected chi connectivity index (χ0v) is 16.3. The molecular formula is C21H31N3O4. The highest BCUT2D eigenvalue weighted by Crippen LogP contribution is 2.24. The molecule has 2 amide bonds. The van der Waals surface area contributed by atoms with Gasteiger partial charge in [0.05, 0.1) is 18.8 Å². The van der Waals surface area contributed by atoms with Crippen molar-refractivity contribution in [3.8, 4) is 0 Å². The molecule has 0 bridgehead atoms. The van der Waals surface area contributed by atoms with Crippen molar-refractivity contribution in [2.24, 2.45) is 5.92 Å². The van der Waals surface area contributed by atoms with Gasteiger partial charge in [0.1, 0.15) is 6.10 Å². The molecule has 2 aliphatic rings. The summed E-state index contributed by atoms with van der Waals surface area (Å²) in [4.78, 5) is 28.5. The molecule has 2 fully saturated rings. The number of hydrogen-bond donors (Lipinski definition) is 3. The fourth-order valence-electron chi connectivity index (χ4n) is 4.13. The van der Waals surface area contributed by atoms with Crippen LogP contribution >= 0.6 is 0 Å². The minimum atomic E-state index is -0.432. The van der Waals surface area contributed by atoms with Gasteiger partial charge >= 0.3 is 0 Å². The quantitative estimate of drug-likeness (QED) is 0.660. The second kappa shape index (κ2) is 10.5. The predicted octanol–water partition coefficient (Wildman–Crippen LogP) is 1.81. The number of amides is 2. The number of aromatic nitrogens is 1. The molecule has 3 rings (SSSR count). The fourth-order valence-corrected chi connectivity index (χ4v) is 4.13. The minimum absolute atomic E-state index is 0.0158. The van der Waals surface area contributed by atoms with E-state index in [-0.39, 0.29) is 36.5 Å². The number of aliphatic hydroxyl groups excluding tert-OH is 1. The number of ether oxygens (including phenoxy) is 1. The van der Waals surface area contributed by atoms with Gasteiger partial charge in [-0.1, -0.05) is 19.3 Å². The molecule has 7 nitrogen and oxygen atoms in total. The highest BCUT2D eigenvalue weighted by molar-refractivity contribution is 5.94. The van der Waals surface area contributed by atoms with Crippen LogP contribution in [-0.2, 0) is 9.53 Å². The van der Waals surface area contributed by atoms with E-state index in [1.54, 1.807) is 24.5 Å². The standard InChI is InChI=1S/C21H31N3O4/c25-14-19-18(24-21(27)16-8-11-22-12-9-16)7-6-17(28-19)10-13-23-20(26)15-4-2-1-3-5-15/h8-9,11-12,15,17-19,25H,1-7,10,13-14H2,(H,23,26)(H,24,27)/t17-,18+,19-/m0/s1. The van der Waals surface area contributed by atoms with Gasteiger partial charge < -0.3 is 20.5 Å². The highest BCUT2D eigenvalue weighted by atomic mass is 16.5. The molecule has 0 radical (unpaired) electrons. The first kappa shape index (κ1) is 20.7. The summed E-state index contributed by atoms with van der Waals surface area (Å²) in [6.45, 7) is 0.443. The molecule has 1 saturated heterocycles. The van der Waals surface area contributed by atoms with Gasteiger partial charge in [-0.15, -0.1) is 0 Å². The maximum Gasteiger partial charge on any atom is 0.251 e. The number of pyridine rings is 1. The zero-order chi connectivity index (χ0) is 19.8. The third-order valence-corrected chi connectivity index (χ3v) is 5.80. The Morgan fingerprint density at radius 2 is 1.86 bits per heavy atom. The summed E-state index contributed by atoms with van der Waals surface area (Å²) in [6.07, 6.45) is 10.5. The van der Waals surface area contributed by atoms with Gasteiger partial charge in [0.25, 0.3) is 5.91 Å². The second-order valence-electron chi connectivity index (χ2n) is 7.79. The Morgan fingerprint density at radius 3 is 2.57 bits per heavy atom. The summed E-state index contributed by atoms with van der Waals surface area (Å²) in [5, 5.41) is 15.7. The average Bonchev–Trinajstić information content (AvgIpc) is 2.75. The summed E-state index contributed by atoms with van der Waals surface area (Å²) in [6, 6.07) is 3.09. The second-order valence-corrected chi connectivity index (χ2v) is 7.79. The maximum absolute atomic E-state index is 12.3. The summed E-state index contributed by atoms with van der Waals surface area (Å²) in [5.41, 5.74) is 0.541. The van der Waals surface area contributed by atoms with Gasteiger partial charge in [0, 0.05) is 30.4 Å². The van der Waals surface area contributed by atoms with E-state index in [2.05, 4.69) is 15.6 Å². The molecule has 0 unspecified atom stereocenters. The average molecular weight is 389 g/mol. The summed E-state index contributed by atoms with van der Waals surface area (Å²) in [5.74, 6) is 0.142. The zero-order valence-electron chi connectivity index (χ0n) is 16.3. The highest BCUT2D eigenvalue weighted by Gasteiger charge is 2.32. The molecule has 7 heteroatoms. The molecule has 154 valence electrons. The largest absolute Gasteiger partial charge is 0.394 e. The molecule has 1 aliphatic heterocycles. The van der Waals surface area contributed by atoms with Crippen LogP contribution in [0.15, 0.2) is 24.5 Å². The van der Waals surface area contributed by atoms with Gasteiger partial charge in [-0.05, 0) is 44.2 Å². The lowest BCUT2D eigenvalue weighted by atomic mass is 9.88.